The molecule has 2 aliphatic heterocycles. The molecule has 5 rings (SSSR count). The Kier molecular flexibility index (Phi) is 5.68. The van der Waals surface area contributed by atoms with Gasteiger partial charge in [0.25, 0.3) is 0 Å². The zero-order valence-corrected chi connectivity index (χ0v) is 19.0. The molecule has 0 aromatic heterocycles. The molecular formula is C26H21Cl2NO3. The molecule has 0 unspecified atom stereocenters. The third-order valence-corrected chi connectivity index (χ3v) is 6.42. The van der Waals surface area contributed by atoms with Gasteiger partial charge in [0.1, 0.15) is 18.2 Å². The normalized spacial score (nSPS) is 16.5. The van der Waals surface area contributed by atoms with Crippen LogP contribution in [-0.4, -0.2) is 24.0 Å². The van der Waals surface area contributed by atoms with Crippen LogP contribution in [0.2, 0.25) is 10.0 Å². The summed E-state index contributed by atoms with van der Waals surface area (Å²) in [6.07, 6.45) is 2.59. The first-order valence-corrected chi connectivity index (χ1v) is 11.2. The first-order chi connectivity index (χ1) is 15.5. The molecule has 0 amide bonds. The van der Waals surface area contributed by atoms with Crippen LogP contribution in [0, 0.1) is 6.92 Å². The lowest BCUT2D eigenvalue weighted by Crippen LogP contribution is -2.34. The number of rotatable bonds is 4. The molecule has 0 saturated heterocycles. The highest BCUT2D eigenvalue weighted by molar-refractivity contribution is 6.32. The van der Waals surface area contributed by atoms with Crippen molar-refractivity contribution in [2.75, 3.05) is 13.3 Å². The SMILES string of the molecule is Cc1c2c(cc3c1O/C(=C\c1ccccc1Cl)C3=O)CN(CCc1ccc(Cl)cc1)CO2. The topological polar surface area (TPSA) is 38.8 Å². The van der Waals surface area contributed by atoms with E-state index in [2.05, 4.69) is 4.90 Å². The number of carbonyl (C=O) groups is 1. The second-order valence-electron chi connectivity index (χ2n) is 8.03. The Balaban J connectivity index is 1.36. The molecule has 0 atom stereocenters. The fourth-order valence-electron chi connectivity index (χ4n) is 4.11. The maximum atomic E-state index is 13.1. The van der Waals surface area contributed by atoms with Crippen LogP contribution in [0.25, 0.3) is 6.08 Å². The molecule has 0 spiro atoms. The highest BCUT2D eigenvalue weighted by Gasteiger charge is 2.33. The number of hydrogen-bond donors (Lipinski definition) is 0. The van der Waals surface area contributed by atoms with Gasteiger partial charge < -0.3 is 9.47 Å². The van der Waals surface area contributed by atoms with E-state index in [-0.39, 0.29) is 11.5 Å². The summed E-state index contributed by atoms with van der Waals surface area (Å²) in [4.78, 5) is 15.3. The molecule has 0 N–H and O–H groups in total. The van der Waals surface area contributed by atoms with Gasteiger partial charge in [-0.3, -0.25) is 9.69 Å². The molecule has 2 heterocycles. The van der Waals surface area contributed by atoms with Crippen molar-refractivity contribution in [3.8, 4) is 11.5 Å². The van der Waals surface area contributed by atoms with Gasteiger partial charge in [0.2, 0.25) is 5.78 Å². The minimum absolute atomic E-state index is 0.135. The van der Waals surface area contributed by atoms with E-state index in [1.165, 1.54) is 5.56 Å². The monoisotopic (exact) mass is 465 g/mol. The second-order valence-corrected chi connectivity index (χ2v) is 8.87. The van der Waals surface area contributed by atoms with E-state index in [4.69, 9.17) is 32.7 Å². The number of ether oxygens (including phenoxy) is 2. The maximum absolute atomic E-state index is 13.1. The standard InChI is InChI=1S/C26H21Cl2NO3/c1-16-25-19(14-29(15-31-25)11-10-17-6-8-20(27)9-7-17)12-21-24(30)23(32-26(16)21)13-18-4-2-3-5-22(18)28/h2-9,12-13H,10-11,14-15H2,1H3/b23-13-. The van der Waals surface area contributed by atoms with Crippen LogP contribution >= 0.6 is 23.2 Å². The average Bonchev–Trinajstić information content (AvgIpc) is 3.10. The van der Waals surface area contributed by atoms with Crippen molar-refractivity contribution < 1.29 is 14.3 Å². The van der Waals surface area contributed by atoms with Crippen molar-refractivity contribution in [2.24, 2.45) is 0 Å². The Morgan fingerprint density at radius 2 is 1.84 bits per heavy atom. The summed E-state index contributed by atoms with van der Waals surface area (Å²) in [6, 6.07) is 17.2. The fourth-order valence-corrected chi connectivity index (χ4v) is 4.43. The molecule has 6 heteroatoms. The lowest BCUT2D eigenvalue weighted by atomic mass is 10.00. The number of halogens is 2. The van der Waals surface area contributed by atoms with Gasteiger partial charge in [-0.25, -0.2) is 0 Å². The number of hydrogen-bond acceptors (Lipinski definition) is 4. The first-order valence-electron chi connectivity index (χ1n) is 10.4. The molecule has 0 saturated carbocycles. The van der Waals surface area contributed by atoms with Crippen molar-refractivity contribution in [2.45, 2.75) is 19.9 Å². The zero-order chi connectivity index (χ0) is 22.2. The van der Waals surface area contributed by atoms with Crippen LogP contribution in [0.4, 0.5) is 0 Å². The molecule has 0 radical (unpaired) electrons. The van der Waals surface area contributed by atoms with Gasteiger partial charge in [0, 0.05) is 34.3 Å². The summed E-state index contributed by atoms with van der Waals surface area (Å²) in [6.45, 7) is 4.00. The summed E-state index contributed by atoms with van der Waals surface area (Å²) in [5, 5.41) is 1.31. The van der Waals surface area contributed by atoms with Crippen LogP contribution in [0.1, 0.15) is 32.6 Å². The van der Waals surface area contributed by atoms with Crippen LogP contribution in [0.5, 0.6) is 11.5 Å². The predicted octanol–water partition coefficient (Wildman–Crippen LogP) is 6.31. The lowest BCUT2D eigenvalue weighted by Gasteiger charge is -2.30. The molecule has 0 fully saturated rings. The fraction of sp³-hybridized carbons (Fsp3) is 0.192. The van der Waals surface area contributed by atoms with E-state index in [0.717, 1.165) is 40.4 Å². The third-order valence-electron chi connectivity index (χ3n) is 5.82. The second kappa shape index (κ2) is 8.62. The number of Topliss-reactive ketones (excluding diaryl/α,β-unsaturated/α-hetero) is 1. The predicted molar refractivity (Wildman–Crippen MR) is 127 cm³/mol. The van der Waals surface area contributed by atoms with Crippen molar-refractivity contribution in [1.82, 2.24) is 4.90 Å². The lowest BCUT2D eigenvalue weighted by molar-refractivity contribution is 0.0954. The van der Waals surface area contributed by atoms with Gasteiger partial charge in [0.05, 0.1) is 5.56 Å². The quantitative estimate of drug-likeness (QED) is 0.423. The van der Waals surface area contributed by atoms with Gasteiger partial charge in [0.15, 0.2) is 5.76 Å². The first kappa shape index (κ1) is 21.1. The number of fused-ring (bicyclic) bond motifs is 2. The molecular weight excluding hydrogens is 445 g/mol. The van der Waals surface area contributed by atoms with Gasteiger partial charge in [-0.2, -0.15) is 0 Å². The van der Waals surface area contributed by atoms with Gasteiger partial charge in [-0.05, 0) is 54.8 Å². The average molecular weight is 466 g/mol. The Hall–Kier alpha value is -2.79. The minimum atomic E-state index is -0.135. The summed E-state index contributed by atoms with van der Waals surface area (Å²) in [5.74, 6) is 1.52. The van der Waals surface area contributed by atoms with Crippen LogP contribution in [0.15, 0.2) is 60.4 Å². The molecule has 0 bridgehead atoms. The Morgan fingerprint density at radius 1 is 1.06 bits per heavy atom. The van der Waals surface area contributed by atoms with Gasteiger partial charge >= 0.3 is 0 Å². The van der Waals surface area contributed by atoms with E-state index < -0.39 is 0 Å². The minimum Gasteiger partial charge on any atom is -0.477 e. The Bertz CT molecular complexity index is 1230. The molecule has 32 heavy (non-hydrogen) atoms. The van der Waals surface area contributed by atoms with Crippen LogP contribution < -0.4 is 9.47 Å². The Labute approximate surface area is 197 Å². The van der Waals surface area contributed by atoms with Gasteiger partial charge in [-0.15, -0.1) is 0 Å². The van der Waals surface area contributed by atoms with E-state index in [1.807, 2.05) is 55.5 Å². The maximum Gasteiger partial charge on any atom is 0.231 e. The van der Waals surface area contributed by atoms with Crippen molar-refractivity contribution in [3.05, 3.63) is 98.2 Å². The highest BCUT2D eigenvalue weighted by Crippen LogP contribution is 2.43. The van der Waals surface area contributed by atoms with Crippen molar-refractivity contribution in [3.63, 3.8) is 0 Å². The van der Waals surface area contributed by atoms with E-state index in [0.29, 0.717) is 29.6 Å². The summed E-state index contributed by atoms with van der Waals surface area (Å²) < 4.78 is 12.0. The highest BCUT2D eigenvalue weighted by atomic mass is 35.5. The number of carbonyl (C=O) groups excluding carboxylic acids is 1. The van der Waals surface area contributed by atoms with Crippen molar-refractivity contribution in [1.29, 1.82) is 0 Å². The molecule has 4 nitrogen and oxygen atoms in total. The third kappa shape index (κ3) is 4.02. The molecule has 3 aromatic carbocycles. The number of ketones is 1. The Morgan fingerprint density at radius 3 is 2.62 bits per heavy atom. The van der Waals surface area contributed by atoms with Crippen LogP contribution in [-0.2, 0) is 13.0 Å². The summed E-state index contributed by atoms with van der Waals surface area (Å²) in [7, 11) is 0. The van der Waals surface area contributed by atoms with Gasteiger partial charge in [-0.1, -0.05) is 53.5 Å². The number of allylic oxidation sites excluding steroid dienone is 1. The van der Waals surface area contributed by atoms with Crippen LogP contribution in [0.3, 0.4) is 0 Å². The molecule has 3 aromatic rings. The summed E-state index contributed by atoms with van der Waals surface area (Å²) in [5.41, 5.74) is 4.40. The zero-order valence-electron chi connectivity index (χ0n) is 17.5. The van der Waals surface area contributed by atoms with E-state index in [9.17, 15) is 4.79 Å². The molecule has 2 aliphatic rings. The summed E-state index contributed by atoms with van der Waals surface area (Å²) >= 11 is 12.2. The molecule has 162 valence electrons. The van der Waals surface area contributed by atoms with E-state index >= 15 is 0 Å². The largest absolute Gasteiger partial charge is 0.477 e. The van der Waals surface area contributed by atoms with Crippen molar-refractivity contribution >= 4 is 35.1 Å². The smallest absolute Gasteiger partial charge is 0.231 e. The number of benzene rings is 3. The van der Waals surface area contributed by atoms with E-state index in [1.54, 1.807) is 12.1 Å². The molecule has 0 aliphatic carbocycles. The number of nitrogens with zero attached hydrogens (tertiary/aromatic N) is 1.